The summed E-state index contributed by atoms with van der Waals surface area (Å²) in [5.74, 6) is -0.796. The second-order valence-corrected chi connectivity index (χ2v) is 6.34. The van der Waals surface area contributed by atoms with Crippen LogP contribution in [0, 0.1) is 16.0 Å². The molecule has 0 radical (unpaired) electrons. The average Bonchev–Trinajstić information content (AvgIpc) is 3.11. The van der Waals surface area contributed by atoms with Crippen molar-refractivity contribution in [2.45, 2.75) is 6.42 Å². The zero-order valence-electron chi connectivity index (χ0n) is 15.4. The standard InChI is InChI=1S/C19H18N4O6/c1-29-16-5-2-14(3-6-16)22-11-13(9-18(22)25)19(26)21-20-10-12-8-15(23(27)28)4-7-17(12)24/h2-8,10,13,24H,9,11H2,1H3,(H,21,26)/b20-10+/t13-/m0/s1. The Morgan fingerprint density at radius 3 is 2.72 bits per heavy atom. The molecule has 0 bridgehead atoms. The van der Waals surface area contributed by atoms with Gasteiger partial charge in [-0.25, -0.2) is 5.43 Å². The number of carbonyl (C=O) groups is 2. The largest absolute Gasteiger partial charge is 0.507 e. The number of rotatable bonds is 6. The fraction of sp³-hybridized carbons (Fsp3) is 0.211. The number of ether oxygens (including phenoxy) is 1. The van der Waals surface area contributed by atoms with E-state index in [1.54, 1.807) is 31.4 Å². The molecule has 2 N–H and O–H groups in total. The van der Waals surface area contributed by atoms with Crippen LogP contribution in [0.4, 0.5) is 11.4 Å². The van der Waals surface area contributed by atoms with Gasteiger partial charge in [0, 0.05) is 36.3 Å². The van der Waals surface area contributed by atoms with Crippen LogP contribution in [0.2, 0.25) is 0 Å². The minimum atomic E-state index is -0.604. The third-order valence-electron chi connectivity index (χ3n) is 4.48. The molecule has 3 rings (SSSR count). The number of aromatic hydroxyl groups is 1. The van der Waals surface area contributed by atoms with Gasteiger partial charge in [0.05, 0.1) is 24.2 Å². The first-order chi connectivity index (χ1) is 13.9. The van der Waals surface area contributed by atoms with Crippen LogP contribution in [0.3, 0.4) is 0 Å². The predicted molar refractivity (Wildman–Crippen MR) is 104 cm³/mol. The molecule has 0 aliphatic carbocycles. The molecule has 10 heteroatoms. The Morgan fingerprint density at radius 1 is 1.34 bits per heavy atom. The highest BCUT2D eigenvalue weighted by Crippen LogP contribution is 2.27. The summed E-state index contributed by atoms with van der Waals surface area (Å²) in [4.78, 5) is 36.3. The summed E-state index contributed by atoms with van der Waals surface area (Å²) in [6.07, 6.45) is 1.15. The second kappa shape index (κ2) is 8.38. The molecule has 2 amide bonds. The molecule has 2 aromatic carbocycles. The molecular weight excluding hydrogens is 380 g/mol. The first-order valence-corrected chi connectivity index (χ1v) is 8.64. The van der Waals surface area contributed by atoms with Crippen LogP contribution in [0.1, 0.15) is 12.0 Å². The normalized spacial score (nSPS) is 16.2. The lowest BCUT2D eigenvalue weighted by atomic mass is 10.1. The van der Waals surface area contributed by atoms with E-state index in [2.05, 4.69) is 10.5 Å². The van der Waals surface area contributed by atoms with Gasteiger partial charge in [-0.3, -0.25) is 19.7 Å². The van der Waals surface area contributed by atoms with E-state index < -0.39 is 16.7 Å². The van der Waals surface area contributed by atoms with Gasteiger partial charge >= 0.3 is 0 Å². The Morgan fingerprint density at radius 2 is 2.07 bits per heavy atom. The van der Waals surface area contributed by atoms with E-state index >= 15 is 0 Å². The lowest BCUT2D eigenvalue weighted by Crippen LogP contribution is -2.30. The number of amides is 2. The van der Waals surface area contributed by atoms with E-state index in [1.165, 1.54) is 11.0 Å². The summed E-state index contributed by atoms with van der Waals surface area (Å²) >= 11 is 0. The topological polar surface area (TPSA) is 134 Å². The summed E-state index contributed by atoms with van der Waals surface area (Å²) in [5.41, 5.74) is 2.84. The molecule has 1 saturated heterocycles. The van der Waals surface area contributed by atoms with Crippen LogP contribution < -0.4 is 15.1 Å². The number of methoxy groups -OCH3 is 1. The molecule has 10 nitrogen and oxygen atoms in total. The number of carbonyl (C=O) groups excluding carboxylic acids is 2. The molecule has 1 aliphatic rings. The van der Waals surface area contributed by atoms with Crippen LogP contribution in [0.5, 0.6) is 11.5 Å². The minimum absolute atomic E-state index is 0.0371. The molecule has 1 heterocycles. The number of nitrogens with zero attached hydrogens (tertiary/aromatic N) is 3. The van der Waals surface area contributed by atoms with Crippen molar-refractivity contribution in [2.75, 3.05) is 18.6 Å². The Labute approximate surface area is 165 Å². The maximum absolute atomic E-state index is 12.3. The van der Waals surface area contributed by atoms with E-state index in [9.17, 15) is 24.8 Å². The Balaban J connectivity index is 1.63. The predicted octanol–water partition coefficient (Wildman–Crippen LogP) is 1.81. The third kappa shape index (κ3) is 4.49. The van der Waals surface area contributed by atoms with Crippen molar-refractivity contribution in [1.82, 2.24) is 5.43 Å². The number of non-ortho nitro benzene ring substituents is 1. The lowest BCUT2D eigenvalue weighted by molar-refractivity contribution is -0.384. The van der Waals surface area contributed by atoms with Crippen molar-refractivity contribution in [3.8, 4) is 11.5 Å². The molecule has 0 spiro atoms. The highest BCUT2D eigenvalue weighted by atomic mass is 16.6. The van der Waals surface area contributed by atoms with Crippen molar-refractivity contribution in [3.63, 3.8) is 0 Å². The van der Waals surface area contributed by atoms with E-state index in [0.29, 0.717) is 11.4 Å². The molecule has 0 saturated carbocycles. The Hall–Kier alpha value is -3.95. The zero-order chi connectivity index (χ0) is 21.0. The SMILES string of the molecule is COc1ccc(N2C[C@@H](C(=O)N/N=C/c3cc([N+](=O)[O-])ccc3O)CC2=O)cc1. The summed E-state index contributed by atoms with van der Waals surface area (Å²) in [7, 11) is 1.55. The molecule has 29 heavy (non-hydrogen) atoms. The highest BCUT2D eigenvalue weighted by Gasteiger charge is 2.35. The van der Waals surface area contributed by atoms with Gasteiger partial charge in [0.15, 0.2) is 0 Å². The van der Waals surface area contributed by atoms with E-state index in [0.717, 1.165) is 18.3 Å². The van der Waals surface area contributed by atoms with Gasteiger partial charge in [-0.15, -0.1) is 0 Å². The molecule has 1 fully saturated rings. The number of benzene rings is 2. The Bertz CT molecular complexity index is 973. The van der Waals surface area contributed by atoms with E-state index in [-0.39, 0.29) is 35.9 Å². The average molecular weight is 398 g/mol. The number of nitrogens with one attached hydrogen (secondary N) is 1. The van der Waals surface area contributed by atoms with Crippen molar-refractivity contribution in [1.29, 1.82) is 0 Å². The van der Waals surface area contributed by atoms with Gasteiger partial charge in [-0.1, -0.05) is 0 Å². The maximum atomic E-state index is 12.3. The minimum Gasteiger partial charge on any atom is -0.507 e. The van der Waals surface area contributed by atoms with Gasteiger partial charge in [-0.2, -0.15) is 5.10 Å². The van der Waals surface area contributed by atoms with Gasteiger partial charge in [0.1, 0.15) is 11.5 Å². The second-order valence-electron chi connectivity index (χ2n) is 6.34. The van der Waals surface area contributed by atoms with Gasteiger partial charge < -0.3 is 14.7 Å². The first-order valence-electron chi connectivity index (χ1n) is 8.64. The van der Waals surface area contributed by atoms with E-state index in [1.807, 2.05) is 0 Å². The number of anilines is 1. The number of phenolic OH excluding ortho intramolecular Hbond substituents is 1. The van der Waals surface area contributed by atoms with Crippen LogP contribution in [-0.2, 0) is 9.59 Å². The molecule has 150 valence electrons. The number of hydrazone groups is 1. The smallest absolute Gasteiger partial charge is 0.270 e. The number of nitro groups is 1. The highest BCUT2D eigenvalue weighted by molar-refractivity contribution is 6.00. The summed E-state index contributed by atoms with van der Waals surface area (Å²) in [6, 6.07) is 10.4. The molecule has 0 aromatic heterocycles. The van der Waals surface area contributed by atoms with Crippen molar-refractivity contribution >= 4 is 29.4 Å². The fourth-order valence-corrected chi connectivity index (χ4v) is 2.91. The number of nitro benzene ring substituents is 1. The molecule has 1 atom stereocenters. The summed E-state index contributed by atoms with van der Waals surface area (Å²) in [5, 5.41) is 24.3. The monoisotopic (exact) mass is 398 g/mol. The fourth-order valence-electron chi connectivity index (χ4n) is 2.91. The molecule has 1 aliphatic heterocycles. The number of hydrogen-bond donors (Lipinski definition) is 2. The van der Waals surface area contributed by atoms with Crippen LogP contribution in [0.15, 0.2) is 47.6 Å². The molecule has 2 aromatic rings. The Kier molecular flexibility index (Phi) is 5.72. The third-order valence-corrected chi connectivity index (χ3v) is 4.48. The van der Waals surface area contributed by atoms with Crippen LogP contribution >= 0.6 is 0 Å². The lowest BCUT2D eigenvalue weighted by Gasteiger charge is -2.16. The first kappa shape index (κ1) is 19.8. The van der Waals surface area contributed by atoms with E-state index in [4.69, 9.17) is 4.74 Å². The van der Waals surface area contributed by atoms with Crippen LogP contribution in [-0.4, -0.2) is 41.7 Å². The van der Waals surface area contributed by atoms with Crippen molar-refractivity contribution in [3.05, 3.63) is 58.1 Å². The number of phenols is 1. The van der Waals surface area contributed by atoms with Gasteiger partial charge in [0.2, 0.25) is 11.8 Å². The zero-order valence-corrected chi connectivity index (χ0v) is 15.4. The van der Waals surface area contributed by atoms with Crippen molar-refractivity contribution < 1.29 is 24.4 Å². The number of hydrogen-bond acceptors (Lipinski definition) is 7. The molecule has 0 unspecified atom stereocenters. The summed E-state index contributed by atoms with van der Waals surface area (Å²) in [6.45, 7) is 0.203. The van der Waals surface area contributed by atoms with Gasteiger partial charge in [-0.05, 0) is 30.3 Å². The maximum Gasteiger partial charge on any atom is 0.270 e. The molecular formula is C19H18N4O6. The van der Waals surface area contributed by atoms with Gasteiger partial charge in [0.25, 0.3) is 5.69 Å². The summed E-state index contributed by atoms with van der Waals surface area (Å²) < 4.78 is 5.09. The van der Waals surface area contributed by atoms with Crippen LogP contribution in [0.25, 0.3) is 0 Å². The van der Waals surface area contributed by atoms with Crippen molar-refractivity contribution in [2.24, 2.45) is 11.0 Å². The quantitative estimate of drug-likeness (QED) is 0.433.